The maximum absolute atomic E-state index is 12.0. The molecule has 0 aromatic heterocycles. The van der Waals surface area contributed by atoms with Crippen molar-refractivity contribution in [3.8, 4) is 0 Å². The van der Waals surface area contributed by atoms with Crippen molar-refractivity contribution in [1.29, 1.82) is 0 Å². The Balaban J connectivity index is 2.64. The van der Waals surface area contributed by atoms with Crippen molar-refractivity contribution < 1.29 is 4.79 Å². The van der Waals surface area contributed by atoms with Gasteiger partial charge in [0, 0.05) is 18.7 Å². The van der Waals surface area contributed by atoms with Crippen LogP contribution in [0, 0.1) is 0 Å². The van der Waals surface area contributed by atoms with E-state index in [0.29, 0.717) is 0 Å². The van der Waals surface area contributed by atoms with Crippen molar-refractivity contribution in [3.63, 3.8) is 0 Å². The first kappa shape index (κ1) is 12.8. The lowest BCUT2D eigenvalue weighted by atomic mass is 10.1. The third-order valence-electron chi connectivity index (χ3n) is 2.83. The normalized spacial score (nSPS) is 16.6. The van der Waals surface area contributed by atoms with Crippen molar-refractivity contribution in [1.82, 2.24) is 4.90 Å². The molecule has 0 bridgehead atoms. The highest BCUT2D eigenvalue weighted by atomic mass is 16.2. The third kappa shape index (κ3) is 2.84. The summed E-state index contributed by atoms with van der Waals surface area (Å²) in [5.74, 6) is 0.138. The van der Waals surface area contributed by atoms with Crippen LogP contribution in [0.3, 0.4) is 0 Å². The smallest absolute Gasteiger partial charge is 0.254 e. The van der Waals surface area contributed by atoms with Crippen LogP contribution in [0.25, 0.3) is 0 Å². The summed E-state index contributed by atoms with van der Waals surface area (Å²) in [4.78, 5) is 13.9. The lowest BCUT2D eigenvalue weighted by Gasteiger charge is -2.15. The van der Waals surface area contributed by atoms with Gasteiger partial charge >= 0.3 is 0 Å². The van der Waals surface area contributed by atoms with E-state index in [1.165, 1.54) is 12.8 Å². The minimum atomic E-state index is 0.138. The summed E-state index contributed by atoms with van der Waals surface area (Å²) in [6.45, 7) is 9.47. The average Bonchev–Trinajstić information content (AvgIpc) is 2.56. The highest BCUT2D eigenvalue weighted by molar-refractivity contribution is 6.00. The maximum Gasteiger partial charge on any atom is 0.254 e. The number of amides is 1. The maximum atomic E-state index is 12.0. The second-order valence-electron chi connectivity index (χ2n) is 4.08. The summed E-state index contributed by atoms with van der Waals surface area (Å²) in [6.07, 6.45) is 9.13. The number of carbonyl (C=O) groups excluding carboxylic acids is 1. The highest BCUT2D eigenvalue weighted by Crippen LogP contribution is 2.21. The Hall–Kier alpha value is -1.31. The molecule has 0 saturated carbocycles. The van der Waals surface area contributed by atoms with E-state index < -0.39 is 0 Å². The van der Waals surface area contributed by atoms with Crippen LogP contribution in [0.15, 0.2) is 36.0 Å². The van der Waals surface area contributed by atoms with E-state index in [9.17, 15) is 4.79 Å². The minimum Gasteiger partial charge on any atom is -0.334 e. The van der Waals surface area contributed by atoms with E-state index in [4.69, 9.17) is 0 Å². The second kappa shape index (κ2) is 6.31. The van der Waals surface area contributed by atoms with Gasteiger partial charge in [-0.1, -0.05) is 44.6 Å². The molecule has 1 heterocycles. The number of hydrogen-bond donors (Lipinski definition) is 0. The van der Waals surface area contributed by atoms with E-state index in [2.05, 4.69) is 13.5 Å². The van der Waals surface area contributed by atoms with Gasteiger partial charge in [-0.25, -0.2) is 0 Å². The Morgan fingerprint density at radius 2 is 2.19 bits per heavy atom. The molecule has 16 heavy (non-hydrogen) atoms. The topological polar surface area (TPSA) is 20.3 Å². The lowest BCUT2D eigenvalue weighted by molar-refractivity contribution is -0.125. The zero-order chi connectivity index (χ0) is 12.0. The average molecular weight is 219 g/mol. The van der Waals surface area contributed by atoms with Gasteiger partial charge in [0.15, 0.2) is 0 Å². The molecule has 1 rings (SSSR count). The molecule has 1 aliphatic rings. The Morgan fingerprint density at radius 3 is 2.75 bits per heavy atom. The molecule has 0 unspecified atom stereocenters. The summed E-state index contributed by atoms with van der Waals surface area (Å²) in [5, 5.41) is 0. The van der Waals surface area contributed by atoms with Gasteiger partial charge in [-0.3, -0.25) is 4.79 Å². The first-order valence-electron chi connectivity index (χ1n) is 6.02. The second-order valence-corrected chi connectivity index (χ2v) is 4.08. The molecule has 2 nitrogen and oxygen atoms in total. The van der Waals surface area contributed by atoms with Gasteiger partial charge in [0.2, 0.25) is 0 Å². The largest absolute Gasteiger partial charge is 0.334 e. The van der Waals surface area contributed by atoms with Crippen LogP contribution in [0.5, 0.6) is 0 Å². The van der Waals surface area contributed by atoms with Gasteiger partial charge < -0.3 is 4.90 Å². The van der Waals surface area contributed by atoms with Crippen LogP contribution in [0.4, 0.5) is 0 Å². The van der Waals surface area contributed by atoms with E-state index in [-0.39, 0.29) is 5.91 Å². The number of nitrogens with zero attached hydrogens (tertiary/aromatic N) is 1. The van der Waals surface area contributed by atoms with Crippen LogP contribution >= 0.6 is 0 Å². The van der Waals surface area contributed by atoms with Crippen LogP contribution in [0.1, 0.15) is 33.1 Å². The minimum absolute atomic E-state index is 0.138. The van der Waals surface area contributed by atoms with Gasteiger partial charge in [-0.2, -0.15) is 0 Å². The number of unbranched alkanes of at least 4 members (excludes halogenated alkanes) is 2. The molecule has 0 aromatic rings. The van der Waals surface area contributed by atoms with Crippen molar-refractivity contribution >= 4 is 5.91 Å². The summed E-state index contributed by atoms with van der Waals surface area (Å²) in [6, 6.07) is 0. The summed E-state index contributed by atoms with van der Waals surface area (Å²) in [5.41, 5.74) is 1.87. The Kier molecular flexibility index (Phi) is 5.03. The fourth-order valence-corrected chi connectivity index (χ4v) is 1.97. The molecule has 1 amide bonds. The molecular weight excluding hydrogens is 198 g/mol. The zero-order valence-electron chi connectivity index (χ0n) is 10.3. The number of rotatable bonds is 6. The molecule has 0 fully saturated rings. The Morgan fingerprint density at radius 1 is 1.44 bits per heavy atom. The standard InChI is InChI=1S/C14H21NO/c1-4-7-8-10-15-11-12(9-5-2)13(6-3)14(15)16/h5-6,9H,3-4,7-8,10-11H2,1-2H3/b9-5-. The highest BCUT2D eigenvalue weighted by Gasteiger charge is 2.26. The first-order valence-corrected chi connectivity index (χ1v) is 6.02. The molecule has 2 heteroatoms. The van der Waals surface area contributed by atoms with Crippen molar-refractivity contribution in [2.75, 3.05) is 13.1 Å². The first-order chi connectivity index (χ1) is 7.74. The molecule has 0 atom stereocenters. The van der Waals surface area contributed by atoms with E-state index in [1.54, 1.807) is 6.08 Å². The molecule has 1 aliphatic heterocycles. The molecule has 0 aromatic carbocycles. The SMILES string of the molecule is C=CC1=C(/C=C\C)CN(CCCCC)C1=O. The molecule has 0 saturated heterocycles. The fourth-order valence-electron chi connectivity index (χ4n) is 1.97. The van der Waals surface area contributed by atoms with Gasteiger partial charge in [0.1, 0.15) is 0 Å². The molecule has 0 spiro atoms. The molecule has 0 aliphatic carbocycles. The van der Waals surface area contributed by atoms with Gasteiger partial charge in [-0.15, -0.1) is 0 Å². The van der Waals surface area contributed by atoms with E-state index >= 15 is 0 Å². The quantitative estimate of drug-likeness (QED) is 0.629. The van der Waals surface area contributed by atoms with Crippen molar-refractivity contribution in [2.45, 2.75) is 33.1 Å². The molecular formula is C14H21NO. The van der Waals surface area contributed by atoms with Crippen molar-refractivity contribution in [2.24, 2.45) is 0 Å². The zero-order valence-corrected chi connectivity index (χ0v) is 10.3. The van der Waals surface area contributed by atoms with E-state index in [0.717, 1.165) is 30.7 Å². The fraction of sp³-hybridized carbons (Fsp3) is 0.500. The predicted octanol–water partition coefficient (Wildman–Crippen LogP) is 3.08. The van der Waals surface area contributed by atoms with Crippen LogP contribution in [-0.4, -0.2) is 23.9 Å². The number of carbonyl (C=O) groups is 1. The van der Waals surface area contributed by atoms with E-state index in [1.807, 2.05) is 24.0 Å². The third-order valence-corrected chi connectivity index (χ3v) is 2.83. The van der Waals surface area contributed by atoms with Gasteiger partial charge in [0.25, 0.3) is 5.91 Å². The number of hydrogen-bond acceptors (Lipinski definition) is 1. The van der Waals surface area contributed by atoms with Crippen molar-refractivity contribution in [3.05, 3.63) is 36.0 Å². The van der Waals surface area contributed by atoms with Gasteiger partial charge in [-0.05, 0) is 18.9 Å². The molecule has 0 N–H and O–H groups in total. The van der Waals surface area contributed by atoms with Crippen LogP contribution in [-0.2, 0) is 4.79 Å². The number of allylic oxidation sites excluding steroid dienone is 1. The Labute approximate surface area is 98.3 Å². The predicted molar refractivity (Wildman–Crippen MR) is 68.1 cm³/mol. The summed E-state index contributed by atoms with van der Waals surface area (Å²) in [7, 11) is 0. The Bertz CT molecular complexity index is 326. The summed E-state index contributed by atoms with van der Waals surface area (Å²) < 4.78 is 0. The van der Waals surface area contributed by atoms with Crippen LogP contribution < -0.4 is 0 Å². The molecule has 0 radical (unpaired) electrons. The lowest BCUT2D eigenvalue weighted by Crippen LogP contribution is -2.28. The monoisotopic (exact) mass is 219 g/mol. The summed E-state index contributed by atoms with van der Waals surface area (Å²) >= 11 is 0. The van der Waals surface area contributed by atoms with Gasteiger partial charge in [0.05, 0.1) is 0 Å². The van der Waals surface area contributed by atoms with Crippen LogP contribution in [0.2, 0.25) is 0 Å². The molecule has 88 valence electrons.